The van der Waals surface area contributed by atoms with Crippen LogP contribution in [-0.2, 0) is 19.1 Å². The largest absolute Gasteiger partial charge is 0.468 e. The molecular formula is C9H16N2O4. The molecule has 0 spiro atoms. The number of carbonyl (C=O) groups excluding carboxylic acids is 3. The van der Waals surface area contributed by atoms with Crippen LogP contribution in [0.3, 0.4) is 0 Å². The van der Waals surface area contributed by atoms with E-state index in [1.807, 2.05) is 0 Å². The summed E-state index contributed by atoms with van der Waals surface area (Å²) in [4.78, 5) is 35.6. The number of hydrogen-bond donors (Lipinski definition) is 0. The van der Waals surface area contributed by atoms with Crippen LogP contribution in [0, 0.1) is 0 Å². The molecule has 0 aromatic rings. The van der Waals surface area contributed by atoms with Crippen molar-refractivity contribution in [2.75, 3.05) is 34.3 Å². The van der Waals surface area contributed by atoms with E-state index in [0.29, 0.717) is 0 Å². The van der Waals surface area contributed by atoms with Crippen molar-refractivity contribution in [2.24, 2.45) is 0 Å². The minimum absolute atomic E-state index is 0.0389. The van der Waals surface area contributed by atoms with Gasteiger partial charge in [-0.25, -0.2) is 0 Å². The van der Waals surface area contributed by atoms with E-state index < -0.39 is 5.97 Å². The van der Waals surface area contributed by atoms with Gasteiger partial charge in [0.25, 0.3) is 0 Å². The molecule has 0 saturated heterocycles. The predicted molar refractivity (Wildman–Crippen MR) is 53.0 cm³/mol. The number of amides is 2. The van der Waals surface area contributed by atoms with Gasteiger partial charge in [-0.05, 0) is 0 Å². The standard InChI is InChI=1S/C9H16N2O4/c1-7(12)10(2)5-8(13)11(3)6-9(14)15-4/h5-6H2,1-4H3. The second kappa shape index (κ2) is 6.00. The highest BCUT2D eigenvalue weighted by Crippen LogP contribution is 1.91. The lowest BCUT2D eigenvalue weighted by molar-refractivity contribution is -0.147. The van der Waals surface area contributed by atoms with Gasteiger partial charge in [0.15, 0.2) is 0 Å². The summed E-state index contributed by atoms with van der Waals surface area (Å²) in [5.74, 6) is -0.996. The smallest absolute Gasteiger partial charge is 0.325 e. The van der Waals surface area contributed by atoms with Crippen LogP contribution >= 0.6 is 0 Å². The highest BCUT2D eigenvalue weighted by Gasteiger charge is 2.15. The summed E-state index contributed by atoms with van der Waals surface area (Å²) in [5.41, 5.74) is 0. The van der Waals surface area contributed by atoms with Crippen molar-refractivity contribution in [3.8, 4) is 0 Å². The van der Waals surface area contributed by atoms with Crippen molar-refractivity contribution in [1.82, 2.24) is 9.80 Å². The highest BCUT2D eigenvalue weighted by atomic mass is 16.5. The molecule has 0 aromatic carbocycles. The van der Waals surface area contributed by atoms with Gasteiger partial charge in [0.05, 0.1) is 13.7 Å². The number of hydrogen-bond acceptors (Lipinski definition) is 4. The molecule has 0 rings (SSSR count). The first-order valence-corrected chi connectivity index (χ1v) is 4.41. The van der Waals surface area contributed by atoms with Crippen LogP contribution < -0.4 is 0 Å². The van der Waals surface area contributed by atoms with Crippen molar-refractivity contribution in [2.45, 2.75) is 6.92 Å². The molecule has 0 N–H and O–H groups in total. The van der Waals surface area contributed by atoms with Crippen molar-refractivity contribution >= 4 is 17.8 Å². The number of esters is 1. The lowest BCUT2D eigenvalue weighted by Crippen LogP contribution is -2.40. The Morgan fingerprint density at radius 3 is 2.00 bits per heavy atom. The van der Waals surface area contributed by atoms with E-state index in [9.17, 15) is 14.4 Å². The van der Waals surface area contributed by atoms with Crippen LogP contribution in [-0.4, -0.2) is 61.9 Å². The molecule has 15 heavy (non-hydrogen) atoms. The quantitative estimate of drug-likeness (QED) is 0.571. The van der Waals surface area contributed by atoms with Gasteiger partial charge < -0.3 is 14.5 Å². The van der Waals surface area contributed by atoms with Crippen molar-refractivity contribution in [1.29, 1.82) is 0 Å². The summed E-state index contributed by atoms with van der Waals surface area (Å²) < 4.78 is 4.41. The highest BCUT2D eigenvalue weighted by molar-refractivity contribution is 5.86. The molecule has 86 valence electrons. The maximum atomic E-state index is 11.4. The molecule has 0 saturated carbocycles. The van der Waals surface area contributed by atoms with Gasteiger partial charge in [-0.2, -0.15) is 0 Å². The monoisotopic (exact) mass is 216 g/mol. The summed E-state index contributed by atoms with van der Waals surface area (Å²) in [7, 11) is 4.25. The molecule has 0 aliphatic heterocycles. The molecule has 2 amide bonds. The van der Waals surface area contributed by atoms with E-state index in [4.69, 9.17) is 0 Å². The third-order valence-corrected chi connectivity index (χ3v) is 1.93. The van der Waals surface area contributed by atoms with Gasteiger partial charge in [0.1, 0.15) is 6.54 Å². The molecular weight excluding hydrogens is 200 g/mol. The fourth-order valence-electron chi connectivity index (χ4n) is 0.781. The van der Waals surface area contributed by atoms with Crippen LogP contribution in [0.25, 0.3) is 0 Å². The molecule has 6 heteroatoms. The third-order valence-electron chi connectivity index (χ3n) is 1.93. The first-order chi connectivity index (χ1) is 6.88. The summed E-state index contributed by atoms with van der Waals surface area (Å²) in [6, 6.07) is 0. The summed E-state index contributed by atoms with van der Waals surface area (Å²) >= 11 is 0. The van der Waals surface area contributed by atoms with Gasteiger partial charge in [0, 0.05) is 21.0 Å². The second-order valence-electron chi connectivity index (χ2n) is 3.20. The topological polar surface area (TPSA) is 66.9 Å². The van der Waals surface area contributed by atoms with E-state index in [1.165, 1.54) is 37.9 Å². The normalized spacial score (nSPS) is 9.33. The van der Waals surface area contributed by atoms with Gasteiger partial charge in [-0.3, -0.25) is 14.4 Å². The Balaban J connectivity index is 4.10. The zero-order valence-corrected chi connectivity index (χ0v) is 9.44. The Hall–Kier alpha value is -1.59. The lowest BCUT2D eigenvalue weighted by Gasteiger charge is -2.20. The van der Waals surface area contributed by atoms with Crippen molar-refractivity contribution < 1.29 is 19.1 Å². The summed E-state index contributed by atoms with van der Waals surface area (Å²) in [6.45, 7) is 1.22. The average Bonchev–Trinajstić information content (AvgIpc) is 2.16. The average molecular weight is 216 g/mol. The van der Waals surface area contributed by atoms with Gasteiger partial charge in [-0.1, -0.05) is 0 Å². The minimum atomic E-state index is -0.490. The number of likely N-dealkylation sites (N-methyl/N-ethyl adjacent to an activating group) is 2. The Bertz CT molecular complexity index is 265. The van der Waals surface area contributed by atoms with E-state index in [0.717, 1.165) is 0 Å². The maximum Gasteiger partial charge on any atom is 0.325 e. The molecule has 0 radical (unpaired) electrons. The molecule has 0 fully saturated rings. The molecule has 0 unspecified atom stereocenters. The SMILES string of the molecule is COC(=O)CN(C)C(=O)CN(C)C(C)=O. The third kappa shape index (κ3) is 4.99. The summed E-state index contributed by atoms with van der Waals surface area (Å²) in [6.07, 6.45) is 0. The maximum absolute atomic E-state index is 11.4. The van der Waals surface area contributed by atoms with Crippen LogP contribution in [0.1, 0.15) is 6.92 Å². The first kappa shape index (κ1) is 13.4. The molecule has 0 heterocycles. The lowest BCUT2D eigenvalue weighted by atomic mass is 10.4. The number of nitrogens with zero attached hydrogens (tertiary/aromatic N) is 2. The number of rotatable bonds is 4. The first-order valence-electron chi connectivity index (χ1n) is 4.41. The molecule has 0 aliphatic rings. The molecule has 0 atom stereocenters. The van der Waals surface area contributed by atoms with Crippen molar-refractivity contribution in [3.63, 3.8) is 0 Å². The van der Waals surface area contributed by atoms with E-state index in [2.05, 4.69) is 4.74 Å². The summed E-state index contributed by atoms with van der Waals surface area (Å²) in [5, 5.41) is 0. The zero-order chi connectivity index (χ0) is 12.0. The van der Waals surface area contributed by atoms with Crippen LogP contribution in [0.2, 0.25) is 0 Å². The minimum Gasteiger partial charge on any atom is -0.468 e. The van der Waals surface area contributed by atoms with Gasteiger partial charge in [-0.15, -0.1) is 0 Å². The van der Waals surface area contributed by atoms with E-state index in [1.54, 1.807) is 0 Å². The number of ether oxygens (including phenoxy) is 1. The van der Waals surface area contributed by atoms with Crippen LogP contribution in [0.4, 0.5) is 0 Å². The van der Waals surface area contributed by atoms with Crippen molar-refractivity contribution in [3.05, 3.63) is 0 Å². The van der Waals surface area contributed by atoms with Crippen LogP contribution in [0.15, 0.2) is 0 Å². The fraction of sp³-hybridized carbons (Fsp3) is 0.667. The molecule has 6 nitrogen and oxygen atoms in total. The van der Waals surface area contributed by atoms with E-state index >= 15 is 0 Å². The molecule has 0 bridgehead atoms. The van der Waals surface area contributed by atoms with Crippen LogP contribution in [0.5, 0.6) is 0 Å². The Morgan fingerprint density at radius 2 is 1.60 bits per heavy atom. The Morgan fingerprint density at radius 1 is 1.07 bits per heavy atom. The zero-order valence-electron chi connectivity index (χ0n) is 9.44. The van der Waals surface area contributed by atoms with E-state index in [-0.39, 0.29) is 24.9 Å². The number of carbonyl (C=O) groups is 3. The molecule has 0 aliphatic carbocycles. The fourth-order valence-corrected chi connectivity index (χ4v) is 0.781. The number of methoxy groups -OCH3 is 1. The Labute approximate surface area is 88.8 Å². The van der Waals surface area contributed by atoms with Gasteiger partial charge >= 0.3 is 5.97 Å². The predicted octanol–water partition coefficient (Wildman–Crippen LogP) is -0.904. The second-order valence-corrected chi connectivity index (χ2v) is 3.20. The molecule has 0 aromatic heterocycles. The Kier molecular flexibility index (Phi) is 5.36. The van der Waals surface area contributed by atoms with Gasteiger partial charge in [0.2, 0.25) is 11.8 Å².